The first-order valence-electron chi connectivity index (χ1n) is 3.32. The number of nitrogens with two attached hydrogens (primary N) is 2. The lowest BCUT2D eigenvalue weighted by Gasteiger charge is -1.94. The Bertz CT molecular complexity index is 43.6. The number of hydrogen-bond acceptors (Lipinski definition) is 2. The lowest BCUT2D eigenvalue weighted by Crippen LogP contribution is -2.00. The van der Waals surface area contributed by atoms with Crippen molar-refractivity contribution in [2.24, 2.45) is 11.5 Å². The molecule has 0 saturated heterocycles. The van der Waals surface area contributed by atoms with Crippen LogP contribution in [0.5, 0.6) is 0 Å². The number of hydrogen-bond donors (Lipinski definition) is 2. The first-order valence-corrected chi connectivity index (χ1v) is 3.32. The molecule has 0 saturated carbocycles. The zero-order chi connectivity index (χ0) is 6.24. The van der Waals surface area contributed by atoms with Gasteiger partial charge in [0.15, 0.2) is 0 Å². The van der Waals surface area contributed by atoms with E-state index in [2.05, 4.69) is 0 Å². The highest BCUT2D eigenvalue weighted by Crippen LogP contribution is 1.95. The second-order valence-electron chi connectivity index (χ2n) is 1.99. The molecule has 0 fully saturated rings. The average Bonchev–Trinajstić information content (AvgIpc) is 1.81. The molecule has 0 heterocycles. The Balaban J connectivity index is -0.0000000817. The predicted octanol–water partition coefficient (Wildman–Crippen LogP) is 0.483. The highest BCUT2D eigenvalue weighted by molar-refractivity contribution is 5.85. The standard InChI is InChI=1S/C6H16N2.2ClH.H2O/c7-5-3-1-2-4-6-8;;;/h1-8H2;2*1H;1H2. The average molecular weight is 207 g/mol. The number of unbranched alkanes of at least 4 members (excludes halogenated alkanes) is 3. The van der Waals surface area contributed by atoms with E-state index in [4.69, 9.17) is 11.5 Å². The fourth-order valence-electron chi connectivity index (χ4n) is 0.642. The molecule has 0 aliphatic carbocycles. The fourth-order valence-corrected chi connectivity index (χ4v) is 0.642. The van der Waals surface area contributed by atoms with Crippen molar-refractivity contribution in [1.29, 1.82) is 0 Å². The highest BCUT2D eigenvalue weighted by Gasteiger charge is 1.83. The van der Waals surface area contributed by atoms with Crippen LogP contribution in [-0.4, -0.2) is 18.6 Å². The third-order valence-corrected chi connectivity index (χ3v) is 1.16. The topological polar surface area (TPSA) is 83.5 Å². The van der Waals surface area contributed by atoms with Gasteiger partial charge in [-0.05, 0) is 25.9 Å². The van der Waals surface area contributed by atoms with Crippen LogP contribution >= 0.6 is 24.8 Å². The van der Waals surface area contributed by atoms with Crippen LogP contribution in [0.2, 0.25) is 0 Å². The highest BCUT2D eigenvalue weighted by atomic mass is 35.5. The largest absolute Gasteiger partial charge is 0.412 e. The Morgan fingerprint density at radius 2 is 0.909 bits per heavy atom. The van der Waals surface area contributed by atoms with Gasteiger partial charge in [-0.3, -0.25) is 0 Å². The molecule has 5 heteroatoms. The van der Waals surface area contributed by atoms with Gasteiger partial charge in [-0.2, -0.15) is 0 Å². The van der Waals surface area contributed by atoms with Crippen LogP contribution in [0.3, 0.4) is 0 Å². The second-order valence-corrected chi connectivity index (χ2v) is 1.99. The molecule has 0 radical (unpaired) electrons. The molecule has 0 aromatic heterocycles. The third-order valence-electron chi connectivity index (χ3n) is 1.16. The summed E-state index contributed by atoms with van der Waals surface area (Å²) in [4.78, 5) is 0. The summed E-state index contributed by atoms with van der Waals surface area (Å²) >= 11 is 0. The Kier molecular flexibility index (Phi) is 45.9. The van der Waals surface area contributed by atoms with E-state index in [0.29, 0.717) is 0 Å². The van der Waals surface area contributed by atoms with Gasteiger partial charge < -0.3 is 16.9 Å². The van der Waals surface area contributed by atoms with Crippen LogP contribution in [0.15, 0.2) is 0 Å². The van der Waals surface area contributed by atoms with Crippen molar-refractivity contribution in [3.63, 3.8) is 0 Å². The molecular formula is C6H20Cl2N2O. The van der Waals surface area contributed by atoms with Crippen molar-refractivity contribution < 1.29 is 5.48 Å². The summed E-state index contributed by atoms with van der Waals surface area (Å²) in [5.74, 6) is 0. The Morgan fingerprint density at radius 3 is 1.09 bits per heavy atom. The quantitative estimate of drug-likeness (QED) is 0.642. The lowest BCUT2D eigenvalue weighted by atomic mass is 10.2. The Hall–Kier alpha value is 0.460. The van der Waals surface area contributed by atoms with Gasteiger partial charge in [0.2, 0.25) is 0 Å². The first-order chi connectivity index (χ1) is 3.91. The second kappa shape index (κ2) is 22.4. The molecule has 11 heavy (non-hydrogen) atoms. The molecule has 0 rings (SSSR count). The molecule has 74 valence electrons. The van der Waals surface area contributed by atoms with Crippen LogP contribution < -0.4 is 11.5 Å². The van der Waals surface area contributed by atoms with E-state index in [-0.39, 0.29) is 30.3 Å². The van der Waals surface area contributed by atoms with E-state index in [0.717, 1.165) is 25.9 Å². The van der Waals surface area contributed by atoms with Crippen LogP contribution in [-0.2, 0) is 0 Å². The van der Waals surface area contributed by atoms with E-state index in [1.165, 1.54) is 12.8 Å². The summed E-state index contributed by atoms with van der Waals surface area (Å²) < 4.78 is 0. The minimum absolute atomic E-state index is 0. The van der Waals surface area contributed by atoms with Crippen molar-refractivity contribution >= 4 is 24.8 Å². The summed E-state index contributed by atoms with van der Waals surface area (Å²) in [5, 5.41) is 0. The molecule has 0 bridgehead atoms. The monoisotopic (exact) mass is 206 g/mol. The lowest BCUT2D eigenvalue weighted by molar-refractivity contribution is 0.653. The molecule has 0 amide bonds. The van der Waals surface area contributed by atoms with E-state index >= 15 is 0 Å². The number of rotatable bonds is 5. The van der Waals surface area contributed by atoms with Gasteiger partial charge in [-0.1, -0.05) is 12.8 Å². The van der Waals surface area contributed by atoms with E-state index < -0.39 is 0 Å². The van der Waals surface area contributed by atoms with E-state index in [9.17, 15) is 0 Å². The van der Waals surface area contributed by atoms with Crippen LogP contribution in [0, 0.1) is 0 Å². The SMILES string of the molecule is Cl.Cl.NCCCCCCN.O. The van der Waals surface area contributed by atoms with E-state index in [1.54, 1.807) is 0 Å². The zero-order valence-corrected chi connectivity index (χ0v) is 8.35. The summed E-state index contributed by atoms with van der Waals surface area (Å²) in [7, 11) is 0. The molecule has 0 atom stereocenters. The molecule has 3 nitrogen and oxygen atoms in total. The minimum atomic E-state index is 0. The maximum Gasteiger partial charge on any atom is -0.00773 e. The van der Waals surface area contributed by atoms with Gasteiger partial charge in [0.25, 0.3) is 0 Å². The van der Waals surface area contributed by atoms with E-state index in [1.807, 2.05) is 0 Å². The van der Waals surface area contributed by atoms with Crippen LogP contribution in [0.1, 0.15) is 25.7 Å². The summed E-state index contributed by atoms with van der Waals surface area (Å²) in [6.07, 6.45) is 4.79. The predicted molar refractivity (Wildman–Crippen MR) is 54.7 cm³/mol. The van der Waals surface area contributed by atoms with Gasteiger partial charge in [-0.15, -0.1) is 24.8 Å². The van der Waals surface area contributed by atoms with Gasteiger partial charge >= 0.3 is 0 Å². The number of halogens is 2. The third kappa shape index (κ3) is 25.1. The van der Waals surface area contributed by atoms with Gasteiger partial charge in [0.1, 0.15) is 0 Å². The first kappa shape index (κ1) is 22.5. The zero-order valence-electron chi connectivity index (χ0n) is 6.71. The fraction of sp³-hybridized carbons (Fsp3) is 1.00. The Labute approximate surface area is 81.0 Å². The maximum atomic E-state index is 5.28. The summed E-state index contributed by atoms with van der Waals surface area (Å²) in [6, 6.07) is 0. The summed E-state index contributed by atoms with van der Waals surface area (Å²) in [5.41, 5.74) is 10.6. The van der Waals surface area contributed by atoms with Crippen molar-refractivity contribution in [3.05, 3.63) is 0 Å². The smallest absolute Gasteiger partial charge is 0.00773 e. The van der Waals surface area contributed by atoms with Crippen molar-refractivity contribution in [2.45, 2.75) is 25.7 Å². The van der Waals surface area contributed by atoms with Crippen molar-refractivity contribution in [2.75, 3.05) is 13.1 Å². The molecule has 0 aromatic carbocycles. The maximum absolute atomic E-state index is 5.28. The van der Waals surface area contributed by atoms with Gasteiger partial charge in [0.05, 0.1) is 0 Å². The molecule has 0 aromatic rings. The van der Waals surface area contributed by atoms with Crippen molar-refractivity contribution in [1.82, 2.24) is 0 Å². The van der Waals surface area contributed by atoms with Crippen LogP contribution in [0.25, 0.3) is 0 Å². The van der Waals surface area contributed by atoms with Crippen LogP contribution in [0.4, 0.5) is 0 Å². The molecular weight excluding hydrogens is 187 g/mol. The molecule has 0 unspecified atom stereocenters. The van der Waals surface area contributed by atoms with Gasteiger partial charge in [-0.25, -0.2) is 0 Å². The molecule has 0 aliphatic rings. The normalized spacial score (nSPS) is 7.09. The molecule has 0 aliphatic heterocycles. The Morgan fingerprint density at radius 1 is 0.636 bits per heavy atom. The van der Waals surface area contributed by atoms with Crippen molar-refractivity contribution in [3.8, 4) is 0 Å². The summed E-state index contributed by atoms with van der Waals surface area (Å²) in [6.45, 7) is 1.65. The minimum Gasteiger partial charge on any atom is -0.412 e. The molecule has 6 N–H and O–H groups in total. The van der Waals surface area contributed by atoms with Gasteiger partial charge in [0, 0.05) is 0 Å². The molecule has 0 spiro atoms.